The van der Waals surface area contributed by atoms with Crippen LogP contribution in [0.4, 0.5) is 18.9 Å². The van der Waals surface area contributed by atoms with E-state index >= 15 is 0 Å². The summed E-state index contributed by atoms with van der Waals surface area (Å²) in [4.78, 5) is 23.3. The van der Waals surface area contributed by atoms with Gasteiger partial charge in [0.2, 0.25) is 5.91 Å². The van der Waals surface area contributed by atoms with Gasteiger partial charge in [0.1, 0.15) is 12.1 Å². The summed E-state index contributed by atoms with van der Waals surface area (Å²) in [5.74, 6) is 0.465. The molecule has 0 radical (unpaired) electrons. The molecule has 5 rings (SSSR count). The fourth-order valence-corrected chi connectivity index (χ4v) is 5.95. The SMILES string of the molecule is CCc1cc(C)ccc1N1C(=O)CS/C1=N\C(=S)NC(C)Cc1ccc(-c2ncn(-c3ccc(OC(F)(F)F)cc3)n2)cc1. The first-order valence-corrected chi connectivity index (χ1v) is 15.2. The minimum Gasteiger partial charge on any atom is -0.406 e. The standard InChI is InChI=1S/C31H29F3N6O2S2/c1-4-22-15-19(2)5-14-26(22)40-27(41)17-44-30(40)37-29(43)36-20(3)16-21-6-8-23(9-7-21)28-35-18-39(38-28)24-10-12-25(13-11-24)42-31(32,33)34/h5-15,18,20H,4,16-17H2,1-3H3,(H,36,43)/b37-30-. The fraction of sp³-hybridized carbons (Fsp3) is 0.258. The molecule has 1 aliphatic heterocycles. The van der Waals surface area contributed by atoms with E-state index in [0.29, 0.717) is 34.0 Å². The Bertz CT molecular complexity index is 1690. The molecule has 1 saturated heterocycles. The lowest BCUT2D eigenvalue weighted by Gasteiger charge is -2.20. The van der Waals surface area contributed by atoms with Crippen LogP contribution in [0.3, 0.4) is 0 Å². The number of aliphatic imine (C=N–C) groups is 1. The van der Waals surface area contributed by atoms with Gasteiger partial charge in [0.25, 0.3) is 0 Å². The predicted octanol–water partition coefficient (Wildman–Crippen LogP) is 6.65. The second kappa shape index (κ2) is 13.2. The Hall–Kier alpha value is -4.23. The van der Waals surface area contributed by atoms with Crippen molar-refractivity contribution in [3.05, 3.63) is 89.7 Å². The van der Waals surface area contributed by atoms with Gasteiger partial charge >= 0.3 is 6.36 Å². The molecule has 1 aromatic heterocycles. The zero-order valence-electron chi connectivity index (χ0n) is 24.1. The van der Waals surface area contributed by atoms with Crippen LogP contribution in [0.5, 0.6) is 5.75 Å². The number of carbonyl (C=O) groups excluding carboxylic acids is 1. The van der Waals surface area contributed by atoms with Crippen LogP contribution in [0.1, 0.15) is 30.5 Å². The normalized spacial score (nSPS) is 15.1. The van der Waals surface area contributed by atoms with Gasteiger partial charge in [-0.1, -0.05) is 60.6 Å². The van der Waals surface area contributed by atoms with Crippen molar-refractivity contribution in [2.45, 2.75) is 46.0 Å². The van der Waals surface area contributed by atoms with Crippen molar-refractivity contribution in [3.63, 3.8) is 0 Å². The molecule has 1 amide bonds. The second-order valence-corrected chi connectivity index (χ2v) is 11.5. The van der Waals surface area contributed by atoms with Gasteiger partial charge in [0, 0.05) is 11.6 Å². The lowest BCUT2D eigenvalue weighted by atomic mass is 10.1. The van der Waals surface area contributed by atoms with E-state index in [9.17, 15) is 18.0 Å². The predicted molar refractivity (Wildman–Crippen MR) is 170 cm³/mol. The maximum atomic E-state index is 12.8. The number of halogens is 3. The van der Waals surface area contributed by atoms with Crippen molar-refractivity contribution in [1.29, 1.82) is 0 Å². The summed E-state index contributed by atoms with van der Waals surface area (Å²) in [6.07, 6.45) is -1.78. The average Bonchev–Trinajstić information content (AvgIpc) is 3.60. The third kappa shape index (κ3) is 7.64. The van der Waals surface area contributed by atoms with Gasteiger partial charge in [-0.25, -0.2) is 9.67 Å². The Kier molecular flexibility index (Phi) is 9.35. The third-order valence-electron chi connectivity index (χ3n) is 6.77. The molecular formula is C31H29F3N6O2S2. The van der Waals surface area contributed by atoms with Crippen molar-refractivity contribution < 1.29 is 22.7 Å². The smallest absolute Gasteiger partial charge is 0.406 e. The number of rotatable bonds is 8. The van der Waals surface area contributed by atoms with Crippen molar-refractivity contribution in [2.24, 2.45) is 4.99 Å². The van der Waals surface area contributed by atoms with Crippen LogP contribution in [0.25, 0.3) is 17.1 Å². The molecule has 228 valence electrons. The van der Waals surface area contributed by atoms with Gasteiger partial charge in [0.15, 0.2) is 16.1 Å². The highest BCUT2D eigenvalue weighted by Gasteiger charge is 2.32. The molecule has 1 atom stereocenters. The average molecular weight is 639 g/mol. The third-order valence-corrected chi connectivity index (χ3v) is 7.90. The first-order valence-electron chi connectivity index (χ1n) is 13.8. The first kappa shape index (κ1) is 31.2. The summed E-state index contributed by atoms with van der Waals surface area (Å²) < 4.78 is 42.6. The van der Waals surface area contributed by atoms with E-state index < -0.39 is 6.36 Å². The molecular weight excluding hydrogens is 610 g/mol. The number of alkyl halides is 3. The Balaban J connectivity index is 1.19. The number of thiocarbonyl (C=S) groups is 1. The summed E-state index contributed by atoms with van der Waals surface area (Å²) in [5.41, 5.74) is 5.46. The van der Waals surface area contributed by atoms with Crippen LogP contribution >= 0.6 is 24.0 Å². The van der Waals surface area contributed by atoms with E-state index in [4.69, 9.17) is 12.2 Å². The Morgan fingerprint density at radius 3 is 2.55 bits per heavy atom. The minimum atomic E-state index is -4.75. The molecule has 44 heavy (non-hydrogen) atoms. The Morgan fingerprint density at radius 2 is 1.86 bits per heavy atom. The van der Waals surface area contributed by atoms with Crippen LogP contribution in [-0.4, -0.2) is 49.1 Å². The van der Waals surface area contributed by atoms with Crippen LogP contribution in [0, 0.1) is 6.92 Å². The molecule has 2 heterocycles. The number of hydrogen-bond acceptors (Lipinski definition) is 6. The van der Waals surface area contributed by atoms with Crippen molar-refractivity contribution >= 4 is 45.9 Å². The van der Waals surface area contributed by atoms with Crippen LogP contribution < -0.4 is 15.0 Å². The number of benzene rings is 3. The number of amidine groups is 1. The number of anilines is 1. The second-order valence-electron chi connectivity index (χ2n) is 10.2. The first-order chi connectivity index (χ1) is 21.0. The molecule has 1 fully saturated rings. The fourth-order valence-electron chi connectivity index (χ4n) is 4.74. The van der Waals surface area contributed by atoms with Gasteiger partial charge in [-0.05, 0) is 80.4 Å². The molecule has 13 heteroatoms. The van der Waals surface area contributed by atoms with Crippen molar-refractivity contribution in [2.75, 3.05) is 10.7 Å². The number of aryl methyl sites for hydroxylation is 2. The quantitative estimate of drug-likeness (QED) is 0.217. The number of aromatic nitrogens is 3. The maximum Gasteiger partial charge on any atom is 0.573 e. The van der Waals surface area contributed by atoms with Crippen molar-refractivity contribution in [1.82, 2.24) is 20.1 Å². The molecule has 4 aromatic rings. The molecule has 0 bridgehead atoms. The topological polar surface area (TPSA) is 84.6 Å². The molecule has 1 N–H and O–H groups in total. The van der Waals surface area contributed by atoms with Gasteiger partial charge in [0.05, 0.1) is 17.1 Å². The number of nitrogens with zero attached hydrogens (tertiary/aromatic N) is 5. The molecule has 0 aliphatic carbocycles. The number of nitrogens with one attached hydrogen (secondary N) is 1. The number of thioether (sulfide) groups is 1. The highest BCUT2D eigenvalue weighted by atomic mass is 32.2. The van der Waals surface area contributed by atoms with Gasteiger partial charge in [-0.15, -0.1) is 18.3 Å². The molecule has 1 unspecified atom stereocenters. The van der Waals surface area contributed by atoms with E-state index in [0.717, 1.165) is 34.4 Å². The van der Waals surface area contributed by atoms with Gasteiger partial charge < -0.3 is 10.1 Å². The highest BCUT2D eigenvalue weighted by Crippen LogP contribution is 2.31. The Labute approximate surface area is 262 Å². The van der Waals surface area contributed by atoms with E-state index in [1.165, 1.54) is 47.0 Å². The molecule has 0 saturated carbocycles. The largest absolute Gasteiger partial charge is 0.573 e. The van der Waals surface area contributed by atoms with Crippen LogP contribution in [0.2, 0.25) is 0 Å². The number of ether oxygens (including phenoxy) is 1. The molecule has 1 aliphatic rings. The van der Waals surface area contributed by atoms with E-state index in [2.05, 4.69) is 38.1 Å². The summed E-state index contributed by atoms with van der Waals surface area (Å²) in [6, 6.07) is 19.2. The van der Waals surface area contributed by atoms with Crippen LogP contribution in [-0.2, 0) is 17.6 Å². The van der Waals surface area contributed by atoms with Crippen LogP contribution in [0.15, 0.2) is 78.0 Å². The summed E-state index contributed by atoms with van der Waals surface area (Å²) in [6.45, 7) is 6.10. The van der Waals surface area contributed by atoms with E-state index in [1.807, 2.05) is 50.2 Å². The van der Waals surface area contributed by atoms with E-state index in [1.54, 1.807) is 4.90 Å². The number of carbonyl (C=O) groups is 1. The minimum absolute atomic E-state index is 0.0176. The zero-order chi connectivity index (χ0) is 31.4. The molecule has 3 aromatic carbocycles. The monoisotopic (exact) mass is 638 g/mol. The van der Waals surface area contributed by atoms with E-state index in [-0.39, 0.29) is 17.7 Å². The number of hydrogen-bond donors (Lipinski definition) is 1. The zero-order valence-corrected chi connectivity index (χ0v) is 25.8. The summed E-state index contributed by atoms with van der Waals surface area (Å²) in [7, 11) is 0. The van der Waals surface area contributed by atoms with Crippen molar-refractivity contribution in [3.8, 4) is 22.8 Å². The molecule has 8 nitrogen and oxygen atoms in total. The van der Waals surface area contributed by atoms with Gasteiger partial charge in [-0.3, -0.25) is 9.69 Å². The van der Waals surface area contributed by atoms with Gasteiger partial charge in [-0.2, -0.15) is 4.99 Å². The highest BCUT2D eigenvalue weighted by molar-refractivity contribution is 8.15. The number of amides is 1. The summed E-state index contributed by atoms with van der Waals surface area (Å²) >= 11 is 6.92. The Morgan fingerprint density at radius 1 is 1.14 bits per heavy atom. The maximum absolute atomic E-state index is 12.8. The lowest BCUT2D eigenvalue weighted by molar-refractivity contribution is -0.274. The lowest BCUT2D eigenvalue weighted by Crippen LogP contribution is -2.35. The summed E-state index contributed by atoms with van der Waals surface area (Å²) in [5, 5.41) is 8.59. The molecule has 0 spiro atoms.